The third-order valence-electron chi connectivity index (χ3n) is 6.74. The van der Waals surface area contributed by atoms with Crippen molar-refractivity contribution in [1.82, 2.24) is 9.80 Å². The fourth-order valence-electron chi connectivity index (χ4n) is 5.52. The van der Waals surface area contributed by atoms with Gasteiger partial charge in [-0.15, -0.1) is 0 Å². The fourth-order valence-corrected chi connectivity index (χ4v) is 5.52. The zero-order valence-corrected chi connectivity index (χ0v) is 15.3. The maximum Gasteiger partial charge on any atom is 0.257 e. The van der Waals surface area contributed by atoms with E-state index < -0.39 is 17.5 Å². The van der Waals surface area contributed by atoms with E-state index >= 15 is 0 Å². The second kappa shape index (κ2) is 6.62. The summed E-state index contributed by atoms with van der Waals surface area (Å²) < 4.78 is 42.8. The molecular formula is C22H21F3N2O. The Balaban J connectivity index is 1.57. The first-order chi connectivity index (χ1) is 13.6. The lowest BCUT2D eigenvalue weighted by Crippen LogP contribution is -2.60. The van der Waals surface area contributed by atoms with E-state index in [4.69, 9.17) is 0 Å². The largest absolute Gasteiger partial charge is 0.333 e. The molecule has 0 saturated carbocycles. The van der Waals surface area contributed by atoms with Gasteiger partial charge in [0.1, 0.15) is 5.82 Å². The Morgan fingerprint density at radius 3 is 2.36 bits per heavy atom. The van der Waals surface area contributed by atoms with Crippen LogP contribution < -0.4 is 0 Å². The van der Waals surface area contributed by atoms with E-state index in [1.165, 1.54) is 18.2 Å². The fraction of sp³-hybridized carbons (Fsp3) is 0.409. The van der Waals surface area contributed by atoms with Crippen LogP contribution in [0.3, 0.4) is 0 Å². The molecule has 2 aromatic rings. The first-order valence-corrected chi connectivity index (χ1v) is 9.79. The van der Waals surface area contributed by atoms with Crippen LogP contribution in [-0.2, 0) is 0 Å². The van der Waals surface area contributed by atoms with E-state index in [2.05, 4.69) is 4.90 Å². The highest BCUT2D eigenvalue weighted by molar-refractivity contribution is 5.95. The minimum Gasteiger partial charge on any atom is -0.333 e. The quantitative estimate of drug-likeness (QED) is 0.784. The van der Waals surface area contributed by atoms with Crippen molar-refractivity contribution in [3.63, 3.8) is 0 Å². The molecule has 3 atom stereocenters. The summed E-state index contributed by atoms with van der Waals surface area (Å²) in [5.74, 6) is -2.63. The van der Waals surface area contributed by atoms with Crippen LogP contribution in [0.1, 0.15) is 34.7 Å². The predicted molar refractivity (Wildman–Crippen MR) is 98.4 cm³/mol. The van der Waals surface area contributed by atoms with E-state index in [0.29, 0.717) is 11.5 Å². The monoisotopic (exact) mass is 386 g/mol. The van der Waals surface area contributed by atoms with Gasteiger partial charge in [-0.2, -0.15) is 0 Å². The van der Waals surface area contributed by atoms with E-state index in [9.17, 15) is 18.0 Å². The molecule has 1 amide bonds. The number of halogens is 3. The number of likely N-dealkylation sites (tertiary alicyclic amines) is 1. The molecule has 0 radical (unpaired) electrons. The van der Waals surface area contributed by atoms with Gasteiger partial charge in [-0.25, -0.2) is 13.2 Å². The lowest BCUT2D eigenvalue weighted by atomic mass is 9.75. The molecule has 2 aromatic carbocycles. The standard InChI is InChI=1S/C22H21F3N2O/c23-17-6-2-1-4-15(17)22(28)27-12-16(14-5-3-7-18(24)19(14)25)21-20(27)13-8-10-26(21)11-9-13/h1-7,13,16,20-21H,8-12H2/t16-,20+,21+/m0/s1. The SMILES string of the molecule is O=C(c1ccccc1F)N1C[C@@H](c2cccc(F)c2F)[C@@H]2[C@H]1C1CCN2CC1. The number of benzene rings is 2. The lowest BCUT2D eigenvalue weighted by Gasteiger charge is -2.51. The van der Waals surface area contributed by atoms with Crippen molar-refractivity contribution in [1.29, 1.82) is 0 Å². The van der Waals surface area contributed by atoms with Gasteiger partial charge in [0.05, 0.1) is 11.6 Å². The van der Waals surface area contributed by atoms with Crippen molar-refractivity contribution in [2.75, 3.05) is 19.6 Å². The van der Waals surface area contributed by atoms with Gasteiger partial charge in [0, 0.05) is 18.5 Å². The summed E-state index contributed by atoms with van der Waals surface area (Å²) in [6, 6.07) is 10.1. The first kappa shape index (κ1) is 17.7. The predicted octanol–water partition coefficient (Wildman–Crippen LogP) is 3.81. The second-order valence-electron chi connectivity index (χ2n) is 8.04. The Labute approximate surface area is 161 Å². The van der Waals surface area contributed by atoms with Gasteiger partial charge in [-0.05, 0) is 55.6 Å². The molecule has 4 saturated heterocycles. The van der Waals surface area contributed by atoms with Crippen LogP contribution in [0.4, 0.5) is 13.2 Å². The minimum absolute atomic E-state index is 0.0399. The van der Waals surface area contributed by atoms with Crippen molar-refractivity contribution in [2.24, 2.45) is 5.92 Å². The number of rotatable bonds is 2. The van der Waals surface area contributed by atoms with Gasteiger partial charge in [0.15, 0.2) is 11.6 Å². The van der Waals surface area contributed by atoms with Gasteiger partial charge in [0.25, 0.3) is 5.91 Å². The normalized spacial score (nSPS) is 31.1. The average molecular weight is 386 g/mol. The molecule has 0 aromatic heterocycles. The molecule has 146 valence electrons. The third-order valence-corrected chi connectivity index (χ3v) is 6.74. The number of hydrogen-bond acceptors (Lipinski definition) is 2. The van der Waals surface area contributed by atoms with Crippen LogP contribution in [0.5, 0.6) is 0 Å². The van der Waals surface area contributed by atoms with Crippen molar-refractivity contribution in [3.8, 4) is 0 Å². The molecular weight excluding hydrogens is 365 g/mol. The number of carbonyl (C=O) groups excluding carboxylic acids is 1. The molecule has 0 unspecified atom stereocenters. The number of carbonyl (C=O) groups is 1. The van der Waals surface area contributed by atoms with Gasteiger partial charge < -0.3 is 4.90 Å². The zero-order chi connectivity index (χ0) is 19.4. The van der Waals surface area contributed by atoms with Crippen molar-refractivity contribution in [3.05, 3.63) is 71.0 Å². The molecule has 4 aliphatic heterocycles. The summed E-state index contributed by atoms with van der Waals surface area (Å²) in [4.78, 5) is 17.2. The molecule has 0 N–H and O–H groups in total. The van der Waals surface area contributed by atoms with Crippen LogP contribution in [0.25, 0.3) is 0 Å². The van der Waals surface area contributed by atoms with Crippen LogP contribution in [-0.4, -0.2) is 47.4 Å². The number of amides is 1. The first-order valence-electron chi connectivity index (χ1n) is 9.79. The molecule has 0 spiro atoms. The summed E-state index contributed by atoms with van der Waals surface area (Å²) in [7, 11) is 0. The molecule has 4 fully saturated rings. The number of fused-ring (bicyclic) bond motifs is 2. The van der Waals surface area contributed by atoms with E-state index in [0.717, 1.165) is 32.0 Å². The maximum atomic E-state index is 14.6. The smallest absolute Gasteiger partial charge is 0.257 e. The summed E-state index contributed by atoms with van der Waals surface area (Å²) >= 11 is 0. The molecule has 6 rings (SSSR count). The van der Waals surface area contributed by atoms with E-state index in [1.807, 2.05) is 0 Å². The molecule has 4 heterocycles. The van der Waals surface area contributed by atoms with Crippen molar-refractivity contribution >= 4 is 5.91 Å². The maximum absolute atomic E-state index is 14.6. The Bertz CT molecular complexity index is 926. The molecule has 0 aliphatic carbocycles. The summed E-state index contributed by atoms with van der Waals surface area (Å²) in [5.41, 5.74) is 0.351. The molecule has 4 aliphatic rings. The van der Waals surface area contributed by atoms with Crippen LogP contribution in [0, 0.1) is 23.4 Å². The highest BCUT2D eigenvalue weighted by atomic mass is 19.2. The highest BCUT2D eigenvalue weighted by Gasteiger charge is 2.55. The summed E-state index contributed by atoms with van der Waals surface area (Å²) in [6.45, 7) is 2.08. The average Bonchev–Trinajstić information content (AvgIpc) is 3.13. The van der Waals surface area contributed by atoms with Gasteiger partial charge in [-0.3, -0.25) is 9.69 Å². The lowest BCUT2D eigenvalue weighted by molar-refractivity contribution is -0.00372. The molecule has 3 nitrogen and oxygen atoms in total. The van der Waals surface area contributed by atoms with Crippen LogP contribution in [0.2, 0.25) is 0 Å². The number of nitrogens with zero attached hydrogens (tertiary/aromatic N) is 2. The van der Waals surface area contributed by atoms with Crippen LogP contribution in [0.15, 0.2) is 42.5 Å². The second-order valence-corrected chi connectivity index (χ2v) is 8.04. The topological polar surface area (TPSA) is 23.6 Å². The summed E-state index contributed by atoms with van der Waals surface area (Å²) in [5, 5.41) is 0. The molecule has 28 heavy (non-hydrogen) atoms. The Morgan fingerprint density at radius 2 is 1.61 bits per heavy atom. The Morgan fingerprint density at radius 1 is 0.893 bits per heavy atom. The van der Waals surface area contributed by atoms with Crippen molar-refractivity contribution < 1.29 is 18.0 Å². The van der Waals surface area contributed by atoms with Crippen LogP contribution >= 0.6 is 0 Å². The Hall–Kier alpha value is -2.34. The number of hydrogen-bond donors (Lipinski definition) is 0. The summed E-state index contributed by atoms with van der Waals surface area (Å²) in [6.07, 6.45) is 1.95. The molecule has 2 bridgehead atoms. The minimum atomic E-state index is -0.871. The van der Waals surface area contributed by atoms with Gasteiger partial charge >= 0.3 is 0 Å². The number of piperidine rings is 3. The van der Waals surface area contributed by atoms with Crippen molar-refractivity contribution in [2.45, 2.75) is 30.8 Å². The van der Waals surface area contributed by atoms with Gasteiger partial charge in [-0.1, -0.05) is 24.3 Å². The molecule has 6 heteroatoms. The highest BCUT2D eigenvalue weighted by Crippen LogP contribution is 2.47. The zero-order valence-electron chi connectivity index (χ0n) is 15.3. The van der Waals surface area contributed by atoms with Gasteiger partial charge in [0.2, 0.25) is 0 Å². The van der Waals surface area contributed by atoms with E-state index in [-0.39, 0.29) is 36.0 Å². The Kier molecular flexibility index (Phi) is 4.19. The third kappa shape index (κ3) is 2.58. The van der Waals surface area contributed by atoms with E-state index in [1.54, 1.807) is 23.1 Å².